The van der Waals surface area contributed by atoms with Crippen LogP contribution in [0.15, 0.2) is 67.3 Å². The van der Waals surface area contributed by atoms with Crippen LogP contribution in [0.25, 0.3) is 27.6 Å². The van der Waals surface area contributed by atoms with E-state index in [1.54, 1.807) is 18.6 Å². The number of nitrogens with two attached hydrogens (primary N) is 2. The zero-order valence-electron chi connectivity index (χ0n) is 21.6. The van der Waals surface area contributed by atoms with Gasteiger partial charge in [0.1, 0.15) is 5.60 Å². The molecule has 6 N–H and O–H groups in total. The van der Waals surface area contributed by atoms with Gasteiger partial charge in [-0.3, -0.25) is 0 Å². The summed E-state index contributed by atoms with van der Waals surface area (Å²) < 4.78 is 5.26. The summed E-state index contributed by atoms with van der Waals surface area (Å²) >= 11 is 4.47. The van der Waals surface area contributed by atoms with E-state index in [1.165, 1.54) is 0 Å². The van der Waals surface area contributed by atoms with Crippen molar-refractivity contribution in [3.63, 3.8) is 0 Å². The first kappa shape index (κ1) is 27.9. The highest BCUT2D eigenvalue weighted by Gasteiger charge is 2.16. The molecule has 0 aliphatic heterocycles. The zero-order valence-corrected chi connectivity index (χ0v) is 22.5. The third-order valence-corrected chi connectivity index (χ3v) is 6.14. The molecule has 0 unspecified atom stereocenters. The SMILES string of the molecule is C=C(N/C=C(\N)c1ccc2cc(-c3cnc(N)nc3)ccc2c1)[C@@H](CS)CCCNC(=O)OC(C)(C)C. The molecule has 0 bridgehead atoms. The van der Waals surface area contributed by atoms with E-state index in [9.17, 15) is 4.79 Å². The first-order valence-corrected chi connectivity index (χ1v) is 12.8. The van der Waals surface area contributed by atoms with Crippen molar-refractivity contribution in [2.75, 3.05) is 18.0 Å². The van der Waals surface area contributed by atoms with E-state index >= 15 is 0 Å². The molecule has 1 amide bonds. The average Bonchev–Trinajstić information content (AvgIpc) is 2.86. The number of hydrogen-bond acceptors (Lipinski definition) is 8. The monoisotopic (exact) mass is 520 g/mol. The Balaban J connectivity index is 1.56. The maximum Gasteiger partial charge on any atom is 0.407 e. The number of nitrogens with one attached hydrogen (secondary N) is 2. The summed E-state index contributed by atoms with van der Waals surface area (Å²) in [5.74, 6) is 1.01. The number of hydrogen-bond donors (Lipinski definition) is 5. The summed E-state index contributed by atoms with van der Waals surface area (Å²) in [5, 5.41) is 8.16. The van der Waals surface area contributed by atoms with Crippen molar-refractivity contribution < 1.29 is 9.53 Å². The molecule has 0 radical (unpaired) electrons. The van der Waals surface area contributed by atoms with Gasteiger partial charge in [-0.15, -0.1) is 0 Å². The molecule has 3 aromatic rings. The van der Waals surface area contributed by atoms with E-state index in [2.05, 4.69) is 45.9 Å². The molecule has 3 rings (SSSR count). The quantitative estimate of drug-likeness (QED) is 0.186. The lowest BCUT2D eigenvalue weighted by atomic mass is 10.0. The fourth-order valence-electron chi connectivity index (χ4n) is 3.69. The number of carbonyl (C=O) groups excluding carboxylic acids is 1. The van der Waals surface area contributed by atoms with Gasteiger partial charge in [0.05, 0.1) is 5.70 Å². The van der Waals surface area contributed by atoms with Crippen molar-refractivity contribution in [1.82, 2.24) is 20.6 Å². The standard InChI is InChI=1S/C28H36N6O2S/c1-18(23(17-37)6-5-11-31-27(35)36-28(2,3)4)32-16-25(29)22-10-9-19-12-21(8-7-20(19)13-22)24-14-33-26(30)34-15-24/h7-10,12-16,23,32,37H,1,5-6,11,17,29H2,2-4H3,(H,31,35)(H2,30,33,34)/b25-16-/t23-/m1/s1. The number of nitrogens with zero attached hydrogens (tertiary/aromatic N) is 2. The van der Waals surface area contributed by atoms with Gasteiger partial charge in [-0.05, 0) is 73.4 Å². The Kier molecular flexibility index (Phi) is 9.41. The Morgan fingerprint density at radius 3 is 2.49 bits per heavy atom. The normalized spacial score (nSPS) is 12.7. The lowest BCUT2D eigenvalue weighted by Crippen LogP contribution is -2.33. The van der Waals surface area contributed by atoms with Crippen LogP contribution in [-0.2, 0) is 4.74 Å². The largest absolute Gasteiger partial charge is 0.444 e. The number of ether oxygens (including phenoxy) is 1. The summed E-state index contributed by atoms with van der Waals surface area (Å²) in [5.41, 5.74) is 15.7. The number of allylic oxidation sites excluding steroid dienone is 1. The summed E-state index contributed by atoms with van der Waals surface area (Å²) in [6.07, 6.45) is 6.38. The molecule has 0 saturated carbocycles. The van der Waals surface area contributed by atoms with Crippen LogP contribution in [0.2, 0.25) is 0 Å². The predicted molar refractivity (Wildman–Crippen MR) is 155 cm³/mol. The summed E-state index contributed by atoms with van der Waals surface area (Å²) in [6.45, 7) is 10.2. The predicted octanol–water partition coefficient (Wildman–Crippen LogP) is 5.09. The number of carbonyl (C=O) groups is 1. The number of fused-ring (bicyclic) bond motifs is 1. The number of anilines is 1. The van der Waals surface area contributed by atoms with Crippen LogP contribution >= 0.6 is 12.6 Å². The van der Waals surface area contributed by atoms with Gasteiger partial charge in [0, 0.05) is 42.3 Å². The molecule has 0 aliphatic carbocycles. The number of amides is 1. The Hall–Kier alpha value is -3.72. The molecule has 0 saturated heterocycles. The molecule has 0 fully saturated rings. The minimum atomic E-state index is -0.511. The second kappa shape index (κ2) is 12.5. The maximum absolute atomic E-state index is 11.8. The van der Waals surface area contributed by atoms with Crippen molar-refractivity contribution >= 4 is 41.1 Å². The summed E-state index contributed by atoms with van der Waals surface area (Å²) in [7, 11) is 0. The van der Waals surface area contributed by atoms with Crippen molar-refractivity contribution in [3.05, 3.63) is 72.8 Å². The van der Waals surface area contributed by atoms with E-state index in [0.717, 1.165) is 46.0 Å². The third-order valence-electron chi connectivity index (χ3n) is 5.70. The molecule has 0 spiro atoms. The van der Waals surface area contributed by atoms with Gasteiger partial charge in [-0.2, -0.15) is 12.6 Å². The maximum atomic E-state index is 11.8. The highest BCUT2D eigenvalue weighted by molar-refractivity contribution is 7.80. The fourth-order valence-corrected chi connectivity index (χ4v) is 4.10. The molecule has 1 aromatic heterocycles. The highest BCUT2D eigenvalue weighted by Crippen LogP contribution is 2.26. The number of benzene rings is 2. The second-order valence-corrected chi connectivity index (χ2v) is 10.2. The average molecular weight is 521 g/mol. The summed E-state index contributed by atoms with van der Waals surface area (Å²) in [6, 6.07) is 12.2. The fraction of sp³-hybridized carbons (Fsp3) is 0.321. The topological polar surface area (TPSA) is 128 Å². The van der Waals surface area contributed by atoms with E-state index in [4.69, 9.17) is 16.2 Å². The molecule has 196 valence electrons. The van der Waals surface area contributed by atoms with E-state index in [0.29, 0.717) is 18.0 Å². The van der Waals surface area contributed by atoms with Crippen molar-refractivity contribution in [2.24, 2.45) is 11.7 Å². The minimum Gasteiger partial charge on any atom is -0.444 e. The van der Waals surface area contributed by atoms with Crippen molar-refractivity contribution in [1.29, 1.82) is 0 Å². The Morgan fingerprint density at radius 1 is 1.14 bits per heavy atom. The summed E-state index contributed by atoms with van der Waals surface area (Å²) in [4.78, 5) is 19.9. The molecular weight excluding hydrogens is 484 g/mol. The molecule has 1 atom stereocenters. The first-order chi connectivity index (χ1) is 17.6. The Labute approximate surface area is 224 Å². The zero-order chi connectivity index (χ0) is 27.0. The van der Waals surface area contributed by atoms with Gasteiger partial charge in [-0.25, -0.2) is 14.8 Å². The Morgan fingerprint density at radius 2 is 1.81 bits per heavy atom. The van der Waals surface area contributed by atoms with Gasteiger partial charge in [-0.1, -0.05) is 30.8 Å². The van der Waals surface area contributed by atoms with Crippen LogP contribution in [0.5, 0.6) is 0 Å². The minimum absolute atomic E-state index is 0.125. The molecule has 2 aromatic carbocycles. The van der Waals surface area contributed by atoms with Crippen LogP contribution in [0.3, 0.4) is 0 Å². The van der Waals surface area contributed by atoms with Gasteiger partial charge in [0.2, 0.25) is 5.95 Å². The first-order valence-electron chi connectivity index (χ1n) is 12.2. The van der Waals surface area contributed by atoms with Crippen molar-refractivity contribution in [3.8, 4) is 11.1 Å². The molecular formula is C28H36N6O2S. The van der Waals surface area contributed by atoms with Crippen LogP contribution in [-0.4, -0.2) is 34.0 Å². The molecule has 37 heavy (non-hydrogen) atoms. The van der Waals surface area contributed by atoms with Gasteiger partial charge in [0.15, 0.2) is 0 Å². The van der Waals surface area contributed by atoms with E-state index in [-0.39, 0.29) is 11.9 Å². The second-order valence-electron chi connectivity index (χ2n) is 9.83. The highest BCUT2D eigenvalue weighted by atomic mass is 32.1. The van der Waals surface area contributed by atoms with Gasteiger partial charge >= 0.3 is 6.09 Å². The molecule has 9 heteroatoms. The number of nitrogen functional groups attached to an aromatic ring is 1. The van der Waals surface area contributed by atoms with Crippen LogP contribution in [0.1, 0.15) is 39.2 Å². The van der Waals surface area contributed by atoms with E-state index in [1.807, 2.05) is 51.1 Å². The number of rotatable bonds is 10. The van der Waals surface area contributed by atoms with Gasteiger partial charge < -0.3 is 26.8 Å². The third kappa shape index (κ3) is 8.42. The molecule has 8 nitrogen and oxygen atoms in total. The lowest BCUT2D eigenvalue weighted by Gasteiger charge is -2.20. The van der Waals surface area contributed by atoms with Crippen LogP contribution < -0.4 is 22.1 Å². The Bertz CT molecular complexity index is 1270. The number of thiol groups is 1. The van der Waals surface area contributed by atoms with Crippen molar-refractivity contribution in [2.45, 2.75) is 39.2 Å². The van der Waals surface area contributed by atoms with E-state index < -0.39 is 11.7 Å². The smallest absolute Gasteiger partial charge is 0.407 e. The van der Waals surface area contributed by atoms with Crippen LogP contribution in [0.4, 0.5) is 10.7 Å². The molecule has 1 heterocycles. The van der Waals surface area contributed by atoms with Gasteiger partial charge in [0.25, 0.3) is 0 Å². The number of aromatic nitrogens is 2. The van der Waals surface area contributed by atoms with Crippen LogP contribution in [0, 0.1) is 5.92 Å². The number of alkyl carbamates (subject to hydrolysis) is 1. The lowest BCUT2D eigenvalue weighted by molar-refractivity contribution is 0.0526. The molecule has 0 aliphatic rings.